The molecule has 0 aliphatic heterocycles. The predicted octanol–water partition coefficient (Wildman–Crippen LogP) is 2.76. The van der Waals surface area contributed by atoms with Crippen LogP contribution in [-0.2, 0) is 0 Å². The molecule has 0 bridgehead atoms. The van der Waals surface area contributed by atoms with Crippen LogP contribution in [0.15, 0.2) is 41.3 Å². The van der Waals surface area contributed by atoms with Gasteiger partial charge in [-0.15, -0.1) is 0 Å². The Hall–Kier alpha value is -1.83. The van der Waals surface area contributed by atoms with Crippen LogP contribution in [0.25, 0.3) is 5.69 Å². The Bertz CT molecular complexity index is 582. The maximum Gasteiger partial charge on any atom is 0.255 e. The fraction of sp³-hybridized carbons (Fsp3) is 0.214. The van der Waals surface area contributed by atoms with Crippen molar-refractivity contribution in [3.63, 3.8) is 0 Å². The van der Waals surface area contributed by atoms with E-state index in [0.717, 1.165) is 22.4 Å². The second-order valence-corrected chi connectivity index (χ2v) is 4.20. The van der Waals surface area contributed by atoms with Gasteiger partial charge in [0.25, 0.3) is 5.56 Å². The molecule has 1 aromatic heterocycles. The molecule has 0 saturated heterocycles. The zero-order valence-corrected chi connectivity index (χ0v) is 9.82. The van der Waals surface area contributed by atoms with Gasteiger partial charge in [0.2, 0.25) is 0 Å². The number of nitrogens with zero attached hydrogens (tertiary/aromatic N) is 1. The first-order valence-electron chi connectivity index (χ1n) is 5.35. The summed E-state index contributed by atoms with van der Waals surface area (Å²) in [5.41, 5.74) is 4.33. The highest BCUT2D eigenvalue weighted by atomic mass is 16.1. The molecular weight excluding hydrogens is 198 g/mol. The number of hydrogen-bond donors (Lipinski definition) is 0. The molecule has 0 aliphatic rings. The quantitative estimate of drug-likeness (QED) is 0.714. The van der Waals surface area contributed by atoms with Gasteiger partial charge in [-0.3, -0.25) is 9.36 Å². The average molecular weight is 213 g/mol. The minimum Gasteiger partial charge on any atom is -0.284 e. The van der Waals surface area contributed by atoms with Crippen LogP contribution < -0.4 is 5.56 Å². The van der Waals surface area contributed by atoms with E-state index in [2.05, 4.69) is 6.07 Å². The monoisotopic (exact) mass is 213 g/mol. The summed E-state index contributed by atoms with van der Waals surface area (Å²) in [5.74, 6) is 0. The topological polar surface area (TPSA) is 22.0 Å². The van der Waals surface area contributed by atoms with E-state index in [1.807, 2.05) is 45.2 Å². The van der Waals surface area contributed by atoms with E-state index in [0.29, 0.717) is 0 Å². The van der Waals surface area contributed by atoms with Crippen LogP contribution in [0.5, 0.6) is 0 Å². The molecule has 0 fully saturated rings. The Morgan fingerprint density at radius 2 is 1.62 bits per heavy atom. The van der Waals surface area contributed by atoms with Crippen molar-refractivity contribution in [3.8, 4) is 5.69 Å². The fourth-order valence-electron chi connectivity index (χ4n) is 1.76. The molecule has 0 saturated carbocycles. The summed E-state index contributed by atoms with van der Waals surface area (Å²) in [5, 5.41) is 0. The van der Waals surface area contributed by atoms with Crippen molar-refractivity contribution >= 4 is 0 Å². The highest BCUT2D eigenvalue weighted by molar-refractivity contribution is 5.43. The Kier molecular flexibility index (Phi) is 2.65. The summed E-state index contributed by atoms with van der Waals surface area (Å²) in [6.07, 6.45) is 1.88. The second kappa shape index (κ2) is 3.97. The van der Waals surface area contributed by atoms with Crippen molar-refractivity contribution in [2.45, 2.75) is 20.8 Å². The minimum absolute atomic E-state index is 0.0132. The lowest BCUT2D eigenvalue weighted by molar-refractivity contribution is 0.963. The molecule has 2 heteroatoms. The van der Waals surface area contributed by atoms with Gasteiger partial charge in [-0.2, -0.15) is 0 Å². The van der Waals surface area contributed by atoms with E-state index in [1.165, 1.54) is 0 Å². The molecule has 82 valence electrons. The van der Waals surface area contributed by atoms with E-state index < -0.39 is 0 Å². The van der Waals surface area contributed by atoms with E-state index in [1.54, 1.807) is 10.6 Å². The predicted molar refractivity (Wildman–Crippen MR) is 66.3 cm³/mol. The molecule has 0 radical (unpaired) electrons. The zero-order chi connectivity index (χ0) is 11.7. The highest BCUT2D eigenvalue weighted by Gasteiger charge is 2.03. The van der Waals surface area contributed by atoms with Crippen LogP contribution in [0.3, 0.4) is 0 Å². The van der Waals surface area contributed by atoms with E-state index in [-0.39, 0.29) is 5.56 Å². The summed E-state index contributed by atoms with van der Waals surface area (Å²) < 4.78 is 1.71. The molecule has 2 rings (SSSR count). The van der Waals surface area contributed by atoms with Gasteiger partial charge < -0.3 is 0 Å². The first-order valence-corrected chi connectivity index (χ1v) is 5.35. The van der Waals surface area contributed by atoms with Gasteiger partial charge >= 0.3 is 0 Å². The molecule has 2 aromatic rings. The van der Waals surface area contributed by atoms with E-state index in [4.69, 9.17) is 0 Å². The summed E-state index contributed by atoms with van der Waals surface area (Å²) in [6, 6.07) is 9.58. The standard InChI is InChI=1S/C14H15NO/c1-10-4-6-12(3)13(8-10)15-9-11(2)5-7-14(15)16/h4-9H,1-3H3. The van der Waals surface area contributed by atoms with E-state index >= 15 is 0 Å². The fourth-order valence-corrected chi connectivity index (χ4v) is 1.76. The summed E-state index contributed by atoms with van der Waals surface area (Å²) in [6.45, 7) is 6.04. The van der Waals surface area contributed by atoms with Crippen molar-refractivity contribution in [3.05, 3.63) is 63.6 Å². The maximum atomic E-state index is 11.8. The van der Waals surface area contributed by atoms with Gasteiger partial charge in [-0.05, 0) is 43.5 Å². The molecule has 0 aliphatic carbocycles. The van der Waals surface area contributed by atoms with Crippen molar-refractivity contribution < 1.29 is 0 Å². The molecule has 0 amide bonds. The van der Waals surface area contributed by atoms with Gasteiger partial charge in [0.1, 0.15) is 0 Å². The zero-order valence-electron chi connectivity index (χ0n) is 9.82. The molecule has 0 unspecified atom stereocenters. The normalized spacial score (nSPS) is 10.4. The number of aromatic nitrogens is 1. The smallest absolute Gasteiger partial charge is 0.255 e. The molecule has 0 atom stereocenters. The SMILES string of the molecule is Cc1ccc(C)c(-n2cc(C)ccc2=O)c1. The number of pyridine rings is 1. The Labute approximate surface area is 95.2 Å². The largest absolute Gasteiger partial charge is 0.284 e. The third-order valence-corrected chi connectivity index (χ3v) is 2.68. The number of rotatable bonds is 1. The maximum absolute atomic E-state index is 11.8. The van der Waals surface area contributed by atoms with Gasteiger partial charge in [0, 0.05) is 12.3 Å². The molecule has 1 aromatic carbocycles. The van der Waals surface area contributed by atoms with Crippen LogP contribution in [0.4, 0.5) is 0 Å². The summed E-state index contributed by atoms with van der Waals surface area (Å²) >= 11 is 0. The van der Waals surface area contributed by atoms with Gasteiger partial charge in [-0.1, -0.05) is 18.2 Å². The lowest BCUT2D eigenvalue weighted by atomic mass is 10.1. The van der Waals surface area contributed by atoms with Crippen molar-refractivity contribution in [2.75, 3.05) is 0 Å². The molecular formula is C14H15NO. The van der Waals surface area contributed by atoms with Crippen LogP contribution in [0.1, 0.15) is 16.7 Å². The van der Waals surface area contributed by atoms with Gasteiger partial charge in [0.15, 0.2) is 0 Å². The first-order chi connectivity index (χ1) is 7.58. The second-order valence-electron chi connectivity index (χ2n) is 4.20. The molecule has 0 spiro atoms. The van der Waals surface area contributed by atoms with Crippen LogP contribution >= 0.6 is 0 Å². The molecule has 2 nitrogen and oxygen atoms in total. The lowest BCUT2D eigenvalue weighted by Crippen LogP contribution is -2.17. The van der Waals surface area contributed by atoms with Gasteiger partial charge in [-0.25, -0.2) is 0 Å². The first kappa shape index (κ1) is 10.7. The number of hydrogen-bond acceptors (Lipinski definition) is 1. The highest BCUT2D eigenvalue weighted by Crippen LogP contribution is 2.14. The molecule has 0 N–H and O–H groups in total. The van der Waals surface area contributed by atoms with Crippen molar-refractivity contribution in [1.82, 2.24) is 4.57 Å². The summed E-state index contributed by atoms with van der Waals surface area (Å²) in [4.78, 5) is 11.8. The Morgan fingerprint density at radius 1 is 0.938 bits per heavy atom. The molecule has 16 heavy (non-hydrogen) atoms. The average Bonchev–Trinajstić information content (AvgIpc) is 2.25. The van der Waals surface area contributed by atoms with Crippen LogP contribution in [0.2, 0.25) is 0 Å². The van der Waals surface area contributed by atoms with Crippen molar-refractivity contribution in [1.29, 1.82) is 0 Å². The lowest BCUT2D eigenvalue weighted by Gasteiger charge is -2.10. The third kappa shape index (κ3) is 1.91. The Balaban J connectivity index is 2.71. The molecule has 1 heterocycles. The Morgan fingerprint density at radius 3 is 2.38 bits per heavy atom. The third-order valence-electron chi connectivity index (χ3n) is 2.68. The minimum atomic E-state index is 0.0132. The van der Waals surface area contributed by atoms with E-state index in [9.17, 15) is 4.79 Å². The van der Waals surface area contributed by atoms with Crippen LogP contribution in [0, 0.1) is 20.8 Å². The van der Waals surface area contributed by atoms with Crippen molar-refractivity contribution in [2.24, 2.45) is 0 Å². The number of benzene rings is 1. The van der Waals surface area contributed by atoms with Crippen LogP contribution in [-0.4, -0.2) is 4.57 Å². The van der Waals surface area contributed by atoms with Gasteiger partial charge in [0.05, 0.1) is 5.69 Å². The number of aryl methyl sites for hydroxylation is 3. The summed E-state index contributed by atoms with van der Waals surface area (Å²) in [7, 11) is 0.